The number of rotatable bonds is 14. The van der Waals surface area contributed by atoms with Crippen LogP contribution < -0.4 is 10.6 Å². The second-order valence-electron chi connectivity index (χ2n) is 7.17. The van der Waals surface area contributed by atoms with E-state index in [1.54, 1.807) is 13.8 Å². The third-order valence-electron chi connectivity index (χ3n) is 4.51. The molecule has 9 nitrogen and oxygen atoms in total. The maximum Gasteiger partial charge on any atom is 0.407 e. The van der Waals surface area contributed by atoms with Crippen molar-refractivity contribution in [2.45, 2.75) is 58.6 Å². The zero-order valence-electron chi connectivity index (χ0n) is 18.1. The summed E-state index contributed by atoms with van der Waals surface area (Å²) in [6.07, 6.45) is 1.47. The van der Waals surface area contributed by atoms with Crippen molar-refractivity contribution >= 4 is 23.9 Å². The first-order valence-electron chi connectivity index (χ1n) is 10.5. The van der Waals surface area contributed by atoms with E-state index in [9.17, 15) is 24.3 Å². The zero-order chi connectivity index (χ0) is 23.1. The number of nitrogens with one attached hydrogen (secondary N) is 2. The molecule has 2 atom stereocenters. The van der Waals surface area contributed by atoms with Gasteiger partial charge in [-0.05, 0) is 31.2 Å². The lowest BCUT2D eigenvalue weighted by Gasteiger charge is -2.20. The summed E-state index contributed by atoms with van der Waals surface area (Å²) in [5, 5.41) is 14.4. The normalized spacial score (nSPS) is 12.3. The summed E-state index contributed by atoms with van der Waals surface area (Å²) in [5.74, 6) is -2.67. The average molecular weight is 437 g/mol. The van der Waals surface area contributed by atoms with Gasteiger partial charge in [-0.3, -0.25) is 9.59 Å². The molecule has 0 unspecified atom stereocenters. The average Bonchev–Trinajstić information content (AvgIpc) is 2.73. The van der Waals surface area contributed by atoms with Gasteiger partial charge in [0, 0.05) is 13.0 Å². The summed E-state index contributed by atoms with van der Waals surface area (Å²) in [5.41, 5.74) is 0.903. The maximum absolute atomic E-state index is 12.1. The molecule has 9 heteroatoms. The van der Waals surface area contributed by atoms with Crippen LogP contribution in [0.3, 0.4) is 0 Å². The molecule has 31 heavy (non-hydrogen) atoms. The number of carbonyl (C=O) groups excluding carboxylic acids is 3. The van der Waals surface area contributed by atoms with Gasteiger partial charge in [0.15, 0.2) is 0 Å². The molecule has 0 aliphatic carbocycles. The van der Waals surface area contributed by atoms with Crippen LogP contribution in [0.15, 0.2) is 30.3 Å². The van der Waals surface area contributed by atoms with Gasteiger partial charge in [0.05, 0.1) is 13.0 Å². The molecule has 3 N–H and O–H groups in total. The molecular formula is C22H32N2O7. The van der Waals surface area contributed by atoms with Crippen molar-refractivity contribution in [3.63, 3.8) is 0 Å². The molecule has 0 aliphatic heterocycles. The molecule has 0 radical (unpaired) electrons. The van der Waals surface area contributed by atoms with Crippen LogP contribution in [-0.4, -0.2) is 48.2 Å². The van der Waals surface area contributed by atoms with Crippen LogP contribution >= 0.6 is 0 Å². The molecule has 0 spiro atoms. The second kappa shape index (κ2) is 14.8. The highest BCUT2D eigenvalue weighted by molar-refractivity contribution is 5.84. The molecule has 1 rings (SSSR count). The van der Waals surface area contributed by atoms with E-state index in [0.29, 0.717) is 25.8 Å². The van der Waals surface area contributed by atoms with Crippen molar-refractivity contribution < 1.29 is 33.8 Å². The van der Waals surface area contributed by atoms with E-state index in [0.717, 1.165) is 5.56 Å². The Morgan fingerprint density at radius 1 is 1.03 bits per heavy atom. The molecule has 2 amide bonds. The Kier molecular flexibility index (Phi) is 12.4. The monoisotopic (exact) mass is 436 g/mol. The van der Waals surface area contributed by atoms with Gasteiger partial charge in [0.2, 0.25) is 5.91 Å². The minimum absolute atomic E-state index is 0.0862. The van der Waals surface area contributed by atoms with Gasteiger partial charge < -0.3 is 25.2 Å². The first kappa shape index (κ1) is 25.9. The smallest absolute Gasteiger partial charge is 0.407 e. The Labute approximate surface area is 182 Å². The lowest BCUT2D eigenvalue weighted by molar-refractivity contribution is -0.147. The molecule has 1 aromatic rings. The number of carboxylic acid groups (broad SMARTS) is 1. The molecule has 172 valence electrons. The van der Waals surface area contributed by atoms with Crippen LogP contribution in [0.1, 0.15) is 51.5 Å². The highest BCUT2D eigenvalue weighted by Gasteiger charge is 2.28. The number of carbonyl (C=O) groups is 4. The number of carboxylic acids is 1. The summed E-state index contributed by atoms with van der Waals surface area (Å²) in [6.45, 7) is 4.09. The van der Waals surface area contributed by atoms with E-state index in [1.807, 2.05) is 30.3 Å². The van der Waals surface area contributed by atoms with Gasteiger partial charge in [0.1, 0.15) is 12.6 Å². The molecule has 0 fully saturated rings. The fourth-order valence-corrected chi connectivity index (χ4v) is 2.85. The number of aliphatic carboxylic acids is 1. The summed E-state index contributed by atoms with van der Waals surface area (Å²) in [7, 11) is 0. The molecule has 0 aromatic heterocycles. The molecule has 0 aliphatic rings. The van der Waals surface area contributed by atoms with Gasteiger partial charge in [-0.2, -0.15) is 0 Å². The molecule has 1 aromatic carbocycles. The zero-order valence-corrected chi connectivity index (χ0v) is 18.1. The van der Waals surface area contributed by atoms with Crippen LogP contribution in [0.2, 0.25) is 0 Å². The summed E-state index contributed by atoms with van der Waals surface area (Å²) in [6, 6.07) is 8.20. The lowest BCUT2D eigenvalue weighted by atomic mass is 9.98. The Morgan fingerprint density at radius 2 is 1.74 bits per heavy atom. The number of unbranched alkanes of at least 4 members (excludes halogenated alkanes) is 2. The number of alkyl carbamates (subject to hydrolysis) is 1. The van der Waals surface area contributed by atoms with Gasteiger partial charge in [-0.15, -0.1) is 0 Å². The lowest BCUT2D eigenvalue weighted by Crippen LogP contribution is -2.45. The van der Waals surface area contributed by atoms with Crippen LogP contribution in [0.4, 0.5) is 4.79 Å². The van der Waals surface area contributed by atoms with Crippen molar-refractivity contribution in [3.8, 4) is 0 Å². The summed E-state index contributed by atoms with van der Waals surface area (Å²) >= 11 is 0. The predicted octanol–water partition coefficient (Wildman–Crippen LogP) is 2.63. The quantitative estimate of drug-likeness (QED) is 0.302. The highest BCUT2D eigenvalue weighted by Crippen LogP contribution is 2.11. The van der Waals surface area contributed by atoms with Crippen molar-refractivity contribution in [2.75, 3.05) is 13.2 Å². The van der Waals surface area contributed by atoms with Crippen LogP contribution in [-0.2, 0) is 30.5 Å². The van der Waals surface area contributed by atoms with Crippen LogP contribution in [0.25, 0.3) is 0 Å². The fraction of sp³-hybridized carbons (Fsp3) is 0.545. The highest BCUT2D eigenvalue weighted by atomic mass is 16.5. The van der Waals surface area contributed by atoms with Crippen molar-refractivity contribution in [1.82, 2.24) is 10.6 Å². The molecule has 0 saturated carbocycles. The molecular weight excluding hydrogens is 404 g/mol. The number of esters is 1. The van der Waals surface area contributed by atoms with Gasteiger partial charge >= 0.3 is 18.0 Å². The predicted molar refractivity (Wildman–Crippen MR) is 113 cm³/mol. The summed E-state index contributed by atoms with van der Waals surface area (Å²) < 4.78 is 9.92. The Morgan fingerprint density at radius 3 is 2.39 bits per heavy atom. The van der Waals surface area contributed by atoms with E-state index in [4.69, 9.17) is 9.47 Å². The summed E-state index contributed by atoms with van der Waals surface area (Å²) in [4.78, 5) is 46.6. The van der Waals surface area contributed by atoms with Gasteiger partial charge in [0.25, 0.3) is 0 Å². The number of hydrogen-bond donors (Lipinski definition) is 3. The largest absolute Gasteiger partial charge is 0.480 e. The van der Waals surface area contributed by atoms with E-state index in [-0.39, 0.29) is 26.1 Å². The maximum atomic E-state index is 12.1. The van der Waals surface area contributed by atoms with E-state index in [1.165, 1.54) is 0 Å². The molecule has 0 bridgehead atoms. The van der Waals surface area contributed by atoms with Gasteiger partial charge in [-0.25, -0.2) is 9.59 Å². The fourth-order valence-electron chi connectivity index (χ4n) is 2.85. The van der Waals surface area contributed by atoms with Gasteiger partial charge in [-0.1, -0.05) is 43.7 Å². The van der Waals surface area contributed by atoms with Crippen molar-refractivity contribution in [1.29, 1.82) is 0 Å². The van der Waals surface area contributed by atoms with E-state index >= 15 is 0 Å². The van der Waals surface area contributed by atoms with E-state index in [2.05, 4.69) is 10.6 Å². The Hall–Kier alpha value is -3.10. The first-order chi connectivity index (χ1) is 14.8. The second-order valence-corrected chi connectivity index (χ2v) is 7.17. The number of ether oxygens (including phenoxy) is 2. The minimum Gasteiger partial charge on any atom is -0.480 e. The topological polar surface area (TPSA) is 131 Å². The Bertz CT molecular complexity index is 709. The van der Waals surface area contributed by atoms with Crippen molar-refractivity contribution in [3.05, 3.63) is 35.9 Å². The van der Waals surface area contributed by atoms with E-state index < -0.39 is 35.9 Å². The third kappa shape index (κ3) is 11.6. The SMILES string of the molecule is CCOC(=O)C[C@@H](C)[C@H](NC(=O)CCCCCNC(=O)OCc1ccccc1)C(=O)O. The number of amides is 2. The van der Waals surface area contributed by atoms with Crippen molar-refractivity contribution in [2.24, 2.45) is 5.92 Å². The molecule has 0 heterocycles. The number of hydrogen-bond acceptors (Lipinski definition) is 6. The number of benzene rings is 1. The first-order valence-corrected chi connectivity index (χ1v) is 10.5. The minimum atomic E-state index is -1.19. The standard InChI is InChI=1S/C22H32N2O7/c1-3-30-19(26)14-16(2)20(21(27)28)24-18(25)12-8-5-9-13-23-22(29)31-15-17-10-6-4-7-11-17/h4,6-7,10-11,16,20H,3,5,8-9,12-15H2,1-2H3,(H,23,29)(H,24,25)(H,27,28)/t16-,20+/m1/s1. The Balaban J connectivity index is 2.18. The third-order valence-corrected chi connectivity index (χ3v) is 4.51. The molecule has 0 saturated heterocycles. The van der Waals surface area contributed by atoms with Crippen LogP contribution in [0.5, 0.6) is 0 Å². The van der Waals surface area contributed by atoms with Crippen LogP contribution in [0, 0.1) is 5.92 Å².